The minimum absolute atomic E-state index is 0.331. The summed E-state index contributed by atoms with van der Waals surface area (Å²) in [5.41, 5.74) is 8.92. The number of rotatable bonds is 3. The first-order chi connectivity index (χ1) is 8.15. The highest BCUT2D eigenvalue weighted by molar-refractivity contribution is 5.63. The standard InChI is InChI=1S/C14H22N2O/c1-10(7-8-15)11-5-6-13-12(14(11)17)4-3-9-16(13)2/h5-6,10,17H,3-4,7-9,15H2,1-2H3. The highest BCUT2D eigenvalue weighted by Crippen LogP contribution is 2.38. The van der Waals surface area contributed by atoms with Gasteiger partial charge < -0.3 is 15.7 Å². The van der Waals surface area contributed by atoms with Gasteiger partial charge in [-0.2, -0.15) is 0 Å². The number of anilines is 1. The molecule has 1 aromatic rings. The monoisotopic (exact) mass is 234 g/mol. The highest BCUT2D eigenvalue weighted by Gasteiger charge is 2.20. The Morgan fingerprint density at radius 3 is 2.94 bits per heavy atom. The second-order valence-electron chi connectivity index (χ2n) is 5.00. The summed E-state index contributed by atoms with van der Waals surface area (Å²) in [5, 5.41) is 10.4. The molecule has 0 fully saturated rings. The molecule has 1 heterocycles. The maximum absolute atomic E-state index is 10.4. The molecule has 1 unspecified atom stereocenters. The Labute approximate surface area is 103 Å². The topological polar surface area (TPSA) is 49.5 Å². The van der Waals surface area contributed by atoms with Crippen LogP contribution >= 0.6 is 0 Å². The molecule has 0 spiro atoms. The Balaban J connectivity index is 2.38. The zero-order valence-corrected chi connectivity index (χ0v) is 10.7. The predicted octanol–water partition coefficient (Wildman–Crippen LogP) is 2.23. The molecule has 1 aromatic carbocycles. The average molecular weight is 234 g/mol. The molecule has 0 aromatic heterocycles. The zero-order valence-electron chi connectivity index (χ0n) is 10.7. The Morgan fingerprint density at radius 1 is 1.47 bits per heavy atom. The van der Waals surface area contributed by atoms with Gasteiger partial charge in [0.05, 0.1) is 0 Å². The van der Waals surface area contributed by atoms with Gasteiger partial charge in [0.25, 0.3) is 0 Å². The van der Waals surface area contributed by atoms with Gasteiger partial charge in [0.1, 0.15) is 5.75 Å². The average Bonchev–Trinajstić information content (AvgIpc) is 2.31. The maximum atomic E-state index is 10.4. The molecular formula is C14H22N2O. The third kappa shape index (κ3) is 2.25. The number of nitrogens with zero attached hydrogens (tertiary/aromatic N) is 1. The number of hydrogen-bond acceptors (Lipinski definition) is 3. The van der Waals surface area contributed by atoms with E-state index in [9.17, 15) is 5.11 Å². The van der Waals surface area contributed by atoms with Crippen molar-refractivity contribution in [1.29, 1.82) is 0 Å². The first-order valence-electron chi connectivity index (χ1n) is 6.41. The summed E-state index contributed by atoms with van der Waals surface area (Å²) in [5.74, 6) is 0.826. The van der Waals surface area contributed by atoms with Crippen molar-refractivity contribution in [3.8, 4) is 5.75 Å². The number of fused-ring (bicyclic) bond motifs is 1. The largest absolute Gasteiger partial charge is 0.507 e. The van der Waals surface area contributed by atoms with Gasteiger partial charge in [0.15, 0.2) is 0 Å². The van der Waals surface area contributed by atoms with Crippen molar-refractivity contribution < 1.29 is 5.11 Å². The SMILES string of the molecule is CC(CCN)c1ccc2c(c1O)CCCN2C. The van der Waals surface area contributed by atoms with Gasteiger partial charge in [0, 0.05) is 24.8 Å². The minimum Gasteiger partial charge on any atom is -0.507 e. The van der Waals surface area contributed by atoms with E-state index in [0.717, 1.165) is 36.9 Å². The van der Waals surface area contributed by atoms with Crippen LogP contribution in [0.3, 0.4) is 0 Å². The summed E-state index contributed by atoms with van der Waals surface area (Å²) in [4.78, 5) is 2.22. The molecule has 0 saturated heterocycles. The first kappa shape index (κ1) is 12.2. The zero-order chi connectivity index (χ0) is 12.4. The summed E-state index contributed by atoms with van der Waals surface area (Å²) in [6.07, 6.45) is 3.02. The van der Waals surface area contributed by atoms with Crippen molar-refractivity contribution in [2.45, 2.75) is 32.1 Å². The predicted molar refractivity (Wildman–Crippen MR) is 71.8 cm³/mol. The molecular weight excluding hydrogens is 212 g/mol. The van der Waals surface area contributed by atoms with Crippen molar-refractivity contribution in [3.05, 3.63) is 23.3 Å². The normalized spacial score (nSPS) is 16.8. The molecule has 1 aliphatic heterocycles. The Hall–Kier alpha value is -1.22. The highest BCUT2D eigenvalue weighted by atomic mass is 16.3. The van der Waals surface area contributed by atoms with Gasteiger partial charge >= 0.3 is 0 Å². The van der Waals surface area contributed by atoms with E-state index in [1.807, 2.05) is 0 Å². The fraction of sp³-hybridized carbons (Fsp3) is 0.571. The van der Waals surface area contributed by atoms with Crippen molar-refractivity contribution >= 4 is 5.69 Å². The van der Waals surface area contributed by atoms with Crippen molar-refractivity contribution in [2.24, 2.45) is 5.73 Å². The van der Waals surface area contributed by atoms with Gasteiger partial charge in [-0.3, -0.25) is 0 Å². The molecule has 0 bridgehead atoms. The smallest absolute Gasteiger partial charge is 0.124 e. The molecule has 3 nitrogen and oxygen atoms in total. The van der Waals surface area contributed by atoms with E-state index in [1.165, 1.54) is 5.69 Å². The minimum atomic E-state index is 0.331. The van der Waals surface area contributed by atoms with Crippen LogP contribution in [-0.4, -0.2) is 25.2 Å². The second kappa shape index (κ2) is 4.96. The quantitative estimate of drug-likeness (QED) is 0.843. The van der Waals surface area contributed by atoms with Gasteiger partial charge in [0.2, 0.25) is 0 Å². The van der Waals surface area contributed by atoms with E-state index in [2.05, 4.69) is 31.0 Å². The summed E-state index contributed by atoms with van der Waals surface area (Å²) < 4.78 is 0. The van der Waals surface area contributed by atoms with E-state index in [4.69, 9.17) is 5.73 Å². The van der Waals surface area contributed by atoms with Crippen molar-refractivity contribution in [2.75, 3.05) is 25.0 Å². The van der Waals surface area contributed by atoms with Gasteiger partial charge in [-0.05, 0) is 43.4 Å². The number of nitrogens with two attached hydrogens (primary N) is 1. The number of hydrogen-bond donors (Lipinski definition) is 2. The van der Waals surface area contributed by atoms with E-state index in [0.29, 0.717) is 18.2 Å². The Kier molecular flexibility index (Phi) is 3.57. The molecule has 1 aliphatic rings. The van der Waals surface area contributed by atoms with Crippen LogP contribution in [0.4, 0.5) is 5.69 Å². The van der Waals surface area contributed by atoms with Crippen LogP contribution in [-0.2, 0) is 6.42 Å². The summed E-state index contributed by atoms with van der Waals surface area (Å²) in [7, 11) is 2.08. The lowest BCUT2D eigenvalue weighted by Crippen LogP contribution is -2.24. The van der Waals surface area contributed by atoms with Gasteiger partial charge in [-0.15, -0.1) is 0 Å². The van der Waals surface area contributed by atoms with Gasteiger partial charge in [-0.25, -0.2) is 0 Å². The Morgan fingerprint density at radius 2 is 2.24 bits per heavy atom. The van der Waals surface area contributed by atoms with E-state index >= 15 is 0 Å². The van der Waals surface area contributed by atoms with Crippen LogP contribution in [0, 0.1) is 0 Å². The van der Waals surface area contributed by atoms with Crippen LogP contribution in [0.2, 0.25) is 0 Å². The fourth-order valence-corrected chi connectivity index (χ4v) is 2.66. The molecule has 0 saturated carbocycles. The molecule has 0 radical (unpaired) electrons. The molecule has 2 rings (SSSR count). The lowest BCUT2D eigenvalue weighted by molar-refractivity contribution is 0.451. The van der Waals surface area contributed by atoms with Crippen LogP contribution in [0.25, 0.3) is 0 Å². The molecule has 3 heteroatoms. The number of phenolic OH excluding ortho intramolecular Hbond substituents is 1. The fourth-order valence-electron chi connectivity index (χ4n) is 2.66. The van der Waals surface area contributed by atoms with Crippen molar-refractivity contribution in [3.63, 3.8) is 0 Å². The van der Waals surface area contributed by atoms with Crippen LogP contribution < -0.4 is 10.6 Å². The number of phenols is 1. The third-order valence-corrected chi connectivity index (χ3v) is 3.75. The van der Waals surface area contributed by atoms with Crippen LogP contribution in [0.5, 0.6) is 5.75 Å². The van der Waals surface area contributed by atoms with Crippen LogP contribution in [0.1, 0.15) is 36.8 Å². The van der Waals surface area contributed by atoms with Crippen LogP contribution in [0.15, 0.2) is 12.1 Å². The van der Waals surface area contributed by atoms with Gasteiger partial charge in [-0.1, -0.05) is 13.0 Å². The summed E-state index contributed by atoms with van der Waals surface area (Å²) in [6.45, 7) is 3.86. The maximum Gasteiger partial charge on any atom is 0.124 e. The summed E-state index contributed by atoms with van der Waals surface area (Å²) >= 11 is 0. The summed E-state index contributed by atoms with van der Waals surface area (Å²) in [6, 6.07) is 4.19. The Bertz CT molecular complexity index is 403. The number of aromatic hydroxyl groups is 1. The molecule has 3 N–H and O–H groups in total. The number of benzene rings is 1. The second-order valence-corrected chi connectivity index (χ2v) is 5.00. The van der Waals surface area contributed by atoms with E-state index in [1.54, 1.807) is 0 Å². The van der Waals surface area contributed by atoms with Crippen molar-refractivity contribution in [1.82, 2.24) is 0 Å². The molecule has 1 atom stereocenters. The molecule has 94 valence electrons. The molecule has 0 amide bonds. The van der Waals surface area contributed by atoms with E-state index < -0.39 is 0 Å². The first-order valence-corrected chi connectivity index (χ1v) is 6.41. The third-order valence-electron chi connectivity index (χ3n) is 3.75. The van der Waals surface area contributed by atoms with E-state index in [-0.39, 0.29) is 0 Å². The molecule has 0 aliphatic carbocycles. The lowest BCUT2D eigenvalue weighted by Gasteiger charge is -2.29. The lowest BCUT2D eigenvalue weighted by atomic mass is 9.91. The molecule has 17 heavy (non-hydrogen) atoms.